The molecule has 0 aromatic carbocycles. The maximum atomic E-state index is 11.5. The first kappa shape index (κ1) is 9.43. The molecule has 0 bridgehead atoms. The Bertz CT molecular complexity index is 186. The summed E-state index contributed by atoms with van der Waals surface area (Å²) in [6, 6.07) is 0. The standard InChI is InChI=1S/C10H16O2/c1-10(7-4-8-11)6-3-2-5-9(10)12/h8H,2-7H2,1H3. The number of hydrogen-bond donors (Lipinski definition) is 0. The van der Waals surface area contributed by atoms with Crippen LogP contribution < -0.4 is 0 Å². The number of carbonyl (C=O) groups is 2. The fourth-order valence-electron chi connectivity index (χ4n) is 1.88. The van der Waals surface area contributed by atoms with Crippen LogP contribution in [-0.2, 0) is 9.59 Å². The minimum absolute atomic E-state index is 0.181. The Kier molecular flexibility index (Phi) is 3.01. The topological polar surface area (TPSA) is 34.1 Å². The summed E-state index contributed by atoms with van der Waals surface area (Å²) in [5, 5.41) is 0. The van der Waals surface area contributed by atoms with Crippen molar-refractivity contribution in [1.82, 2.24) is 0 Å². The van der Waals surface area contributed by atoms with E-state index < -0.39 is 0 Å². The number of Topliss-reactive ketones (excluding diaryl/α,β-unsaturated/α-hetero) is 1. The van der Waals surface area contributed by atoms with Gasteiger partial charge in [-0.05, 0) is 19.3 Å². The lowest BCUT2D eigenvalue weighted by Crippen LogP contribution is -2.31. The molecular weight excluding hydrogens is 152 g/mol. The Labute approximate surface area is 73.3 Å². The molecule has 0 radical (unpaired) electrons. The average Bonchev–Trinajstić information content (AvgIpc) is 2.07. The minimum atomic E-state index is -0.181. The van der Waals surface area contributed by atoms with Gasteiger partial charge in [0.2, 0.25) is 0 Å². The van der Waals surface area contributed by atoms with Crippen molar-refractivity contribution in [3.8, 4) is 0 Å². The zero-order chi connectivity index (χ0) is 9.03. The molecule has 2 heteroatoms. The molecule has 1 fully saturated rings. The van der Waals surface area contributed by atoms with Crippen molar-refractivity contribution in [1.29, 1.82) is 0 Å². The van der Waals surface area contributed by atoms with E-state index in [-0.39, 0.29) is 5.41 Å². The predicted octanol–water partition coefficient (Wildman–Crippen LogP) is 2.11. The zero-order valence-electron chi connectivity index (χ0n) is 7.64. The molecular formula is C10H16O2. The highest BCUT2D eigenvalue weighted by atomic mass is 16.1. The third-order valence-corrected chi connectivity index (χ3v) is 2.87. The third-order valence-electron chi connectivity index (χ3n) is 2.87. The zero-order valence-corrected chi connectivity index (χ0v) is 7.64. The van der Waals surface area contributed by atoms with Crippen LogP contribution in [0.4, 0.5) is 0 Å². The lowest BCUT2D eigenvalue weighted by molar-refractivity contribution is -0.130. The van der Waals surface area contributed by atoms with Gasteiger partial charge in [-0.1, -0.05) is 13.3 Å². The van der Waals surface area contributed by atoms with Gasteiger partial charge in [-0.15, -0.1) is 0 Å². The molecule has 0 N–H and O–H groups in total. The Morgan fingerprint density at radius 2 is 2.25 bits per heavy atom. The van der Waals surface area contributed by atoms with E-state index in [2.05, 4.69) is 0 Å². The summed E-state index contributed by atoms with van der Waals surface area (Å²) in [5.41, 5.74) is -0.181. The summed E-state index contributed by atoms with van der Waals surface area (Å²) in [7, 11) is 0. The molecule has 0 heterocycles. The van der Waals surface area contributed by atoms with Gasteiger partial charge in [-0.2, -0.15) is 0 Å². The Hall–Kier alpha value is -0.660. The maximum absolute atomic E-state index is 11.5. The van der Waals surface area contributed by atoms with Crippen molar-refractivity contribution in [3.05, 3.63) is 0 Å². The van der Waals surface area contributed by atoms with Gasteiger partial charge >= 0.3 is 0 Å². The molecule has 2 nitrogen and oxygen atoms in total. The maximum Gasteiger partial charge on any atom is 0.138 e. The van der Waals surface area contributed by atoms with E-state index in [4.69, 9.17) is 0 Å². The first-order valence-corrected chi connectivity index (χ1v) is 4.66. The Balaban J connectivity index is 2.53. The normalized spacial score (nSPS) is 30.2. The molecule has 0 spiro atoms. The van der Waals surface area contributed by atoms with Crippen LogP contribution >= 0.6 is 0 Å². The molecule has 0 saturated heterocycles. The first-order chi connectivity index (χ1) is 5.69. The van der Waals surface area contributed by atoms with Crippen LogP contribution in [0.2, 0.25) is 0 Å². The van der Waals surface area contributed by atoms with Gasteiger partial charge in [0, 0.05) is 18.3 Å². The second kappa shape index (κ2) is 3.83. The molecule has 0 aromatic heterocycles. The van der Waals surface area contributed by atoms with Crippen molar-refractivity contribution < 1.29 is 9.59 Å². The number of aldehydes is 1. The number of hydrogen-bond acceptors (Lipinski definition) is 2. The second-order valence-corrected chi connectivity index (χ2v) is 3.90. The van der Waals surface area contributed by atoms with Crippen molar-refractivity contribution in [2.75, 3.05) is 0 Å². The fraction of sp³-hybridized carbons (Fsp3) is 0.800. The highest BCUT2D eigenvalue weighted by molar-refractivity contribution is 5.85. The highest BCUT2D eigenvalue weighted by Crippen LogP contribution is 2.36. The summed E-state index contributed by atoms with van der Waals surface area (Å²) in [5.74, 6) is 0.357. The number of carbonyl (C=O) groups excluding carboxylic acids is 2. The van der Waals surface area contributed by atoms with Crippen LogP contribution in [0.25, 0.3) is 0 Å². The molecule has 12 heavy (non-hydrogen) atoms. The lowest BCUT2D eigenvalue weighted by Gasteiger charge is -2.31. The van der Waals surface area contributed by atoms with Gasteiger partial charge in [0.05, 0.1) is 0 Å². The van der Waals surface area contributed by atoms with E-state index in [9.17, 15) is 9.59 Å². The second-order valence-electron chi connectivity index (χ2n) is 3.90. The van der Waals surface area contributed by atoms with Gasteiger partial charge < -0.3 is 4.79 Å². The first-order valence-electron chi connectivity index (χ1n) is 4.66. The average molecular weight is 168 g/mol. The Morgan fingerprint density at radius 3 is 2.83 bits per heavy atom. The summed E-state index contributed by atoms with van der Waals surface area (Å²) in [6.07, 6.45) is 6.05. The summed E-state index contributed by atoms with van der Waals surface area (Å²) in [4.78, 5) is 21.7. The molecule has 1 aliphatic carbocycles. The van der Waals surface area contributed by atoms with Crippen LogP contribution in [0, 0.1) is 5.41 Å². The van der Waals surface area contributed by atoms with Gasteiger partial charge in [-0.3, -0.25) is 4.79 Å². The molecule has 1 aliphatic rings. The molecule has 1 rings (SSSR count). The van der Waals surface area contributed by atoms with Crippen LogP contribution in [0.15, 0.2) is 0 Å². The molecule has 0 amide bonds. The SMILES string of the molecule is CC1(CCC=O)CCCCC1=O. The molecule has 68 valence electrons. The molecule has 1 unspecified atom stereocenters. The summed E-state index contributed by atoms with van der Waals surface area (Å²) >= 11 is 0. The lowest BCUT2D eigenvalue weighted by atomic mass is 9.72. The van der Waals surface area contributed by atoms with E-state index in [1.54, 1.807) is 0 Å². The quantitative estimate of drug-likeness (QED) is 0.605. The van der Waals surface area contributed by atoms with E-state index in [0.29, 0.717) is 12.2 Å². The Morgan fingerprint density at radius 1 is 1.50 bits per heavy atom. The van der Waals surface area contributed by atoms with Crippen LogP contribution in [0.3, 0.4) is 0 Å². The smallest absolute Gasteiger partial charge is 0.138 e. The highest BCUT2D eigenvalue weighted by Gasteiger charge is 2.33. The van der Waals surface area contributed by atoms with Crippen molar-refractivity contribution >= 4 is 12.1 Å². The minimum Gasteiger partial charge on any atom is -0.303 e. The van der Waals surface area contributed by atoms with E-state index >= 15 is 0 Å². The van der Waals surface area contributed by atoms with E-state index in [1.807, 2.05) is 6.92 Å². The van der Waals surface area contributed by atoms with Gasteiger partial charge in [-0.25, -0.2) is 0 Å². The molecule has 1 atom stereocenters. The predicted molar refractivity (Wildman–Crippen MR) is 46.9 cm³/mol. The molecule has 0 aliphatic heterocycles. The van der Waals surface area contributed by atoms with Gasteiger partial charge in [0.15, 0.2) is 0 Å². The van der Waals surface area contributed by atoms with E-state index in [0.717, 1.165) is 38.4 Å². The number of ketones is 1. The number of rotatable bonds is 3. The third kappa shape index (κ3) is 1.93. The molecule has 0 aromatic rings. The largest absolute Gasteiger partial charge is 0.303 e. The summed E-state index contributed by atoms with van der Waals surface area (Å²) in [6.45, 7) is 2.00. The van der Waals surface area contributed by atoms with Gasteiger partial charge in [0.1, 0.15) is 12.1 Å². The van der Waals surface area contributed by atoms with Crippen molar-refractivity contribution in [2.24, 2.45) is 5.41 Å². The summed E-state index contributed by atoms with van der Waals surface area (Å²) < 4.78 is 0. The fourth-order valence-corrected chi connectivity index (χ4v) is 1.88. The van der Waals surface area contributed by atoms with Crippen LogP contribution in [-0.4, -0.2) is 12.1 Å². The van der Waals surface area contributed by atoms with Crippen molar-refractivity contribution in [2.45, 2.75) is 45.4 Å². The van der Waals surface area contributed by atoms with Crippen LogP contribution in [0.1, 0.15) is 45.4 Å². The van der Waals surface area contributed by atoms with E-state index in [1.165, 1.54) is 0 Å². The molecule has 1 saturated carbocycles. The van der Waals surface area contributed by atoms with Gasteiger partial charge in [0.25, 0.3) is 0 Å². The monoisotopic (exact) mass is 168 g/mol. The van der Waals surface area contributed by atoms with Crippen LogP contribution in [0.5, 0.6) is 0 Å². The van der Waals surface area contributed by atoms with Crippen molar-refractivity contribution in [3.63, 3.8) is 0 Å².